The topological polar surface area (TPSA) is 71.3 Å². The molecule has 0 saturated carbocycles. The quantitative estimate of drug-likeness (QED) is 0.847. The lowest BCUT2D eigenvalue weighted by Crippen LogP contribution is -2.39. The molecule has 2 aromatic heterocycles. The monoisotopic (exact) mass is 335 g/mol. The van der Waals surface area contributed by atoms with Crippen LogP contribution in [0.15, 0.2) is 30.7 Å². The molecule has 3 heterocycles. The van der Waals surface area contributed by atoms with Crippen molar-refractivity contribution in [3.63, 3.8) is 0 Å². The van der Waals surface area contributed by atoms with Crippen LogP contribution in [0.1, 0.15) is 24.6 Å². The molecule has 1 aliphatic rings. The van der Waals surface area contributed by atoms with Crippen molar-refractivity contribution < 1.29 is 8.42 Å². The Morgan fingerprint density at radius 2 is 2.09 bits per heavy atom. The second kappa shape index (κ2) is 6.03. The number of aryl methyl sites for hydroxylation is 1. The Labute approximate surface area is 136 Å². The Morgan fingerprint density at radius 3 is 2.74 bits per heavy atom. The summed E-state index contributed by atoms with van der Waals surface area (Å²) in [4.78, 5) is 8.81. The van der Waals surface area contributed by atoms with Gasteiger partial charge in [-0.2, -0.15) is 17.0 Å². The predicted molar refractivity (Wildman–Crippen MR) is 87.7 cm³/mol. The molecule has 0 N–H and O–H groups in total. The van der Waals surface area contributed by atoms with Gasteiger partial charge < -0.3 is 4.57 Å². The number of imidazole rings is 1. The second-order valence-corrected chi connectivity index (χ2v) is 7.99. The van der Waals surface area contributed by atoms with E-state index in [0.717, 1.165) is 29.9 Å². The Balaban J connectivity index is 1.97. The lowest BCUT2D eigenvalue weighted by Gasteiger charge is -2.26. The molecule has 0 spiro atoms. The van der Waals surface area contributed by atoms with Crippen molar-refractivity contribution in [2.24, 2.45) is 7.05 Å². The number of nitrogens with zero attached hydrogens (tertiary/aromatic N) is 5. The number of hydrogen-bond donors (Lipinski definition) is 0. The zero-order valence-electron chi connectivity index (χ0n) is 13.5. The van der Waals surface area contributed by atoms with Crippen molar-refractivity contribution in [1.82, 2.24) is 23.1 Å². The zero-order chi connectivity index (χ0) is 16.6. The first kappa shape index (κ1) is 16.1. The van der Waals surface area contributed by atoms with Gasteiger partial charge in [-0.15, -0.1) is 0 Å². The first-order valence-electron chi connectivity index (χ1n) is 7.54. The average molecular weight is 335 g/mol. The van der Waals surface area contributed by atoms with Crippen LogP contribution in [-0.2, 0) is 17.3 Å². The highest BCUT2D eigenvalue weighted by atomic mass is 32.2. The van der Waals surface area contributed by atoms with E-state index in [2.05, 4.69) is 4.98 Å². The van der Waals surface area contributed by atoms with Crippen molar-refractivity contribution in [3.05, 3.63) is 36.4 Å². The minimum absolute atomic E-state index is 0.212. The minimum Gasteiger partial charge on any atom is -0.332 e. The molecule has 0 amide bonds. The Kier molecular flexibility index (Phi) is 4.22. The normalized spacial score (nSPS) is 19.6. The molecule has 0 radical (unpaired) electrons. The molecule has 0 unspecified atom stereocenters. The van der Waals surface area contributed by atoms with E-state index in [1.807, 2.05) is 29.8 Å². The van der Waals surface area contributed by atoms with Crippen LogP contribution in [0.2, 0.25) is 0 Å². The molecule has 3 rings (SSSR count). The van der Waals surface area contributed by atoms with Gasteiger partial charge in [0.15, 0.2) is 0 Å². The molecular weight excluding hydrogens is 314 g/mol. The van der Waals surface area contributed by atoms with Crippen LogP contribution in [0.5, 0.6) is 0 Å². The van der Waals surface area contributed by atoms with E-state index in [1.165, 1.54) is 4.31 Å². The van der Waals surface area contributed by atoms with Gasteiger partial charge in [-0.05, 0) is 25.0 Å². The van der Waals surface area contributed by atoms with Crippen LogP contribution in [0.25, 0.3) is 11.4 Å². The Morgan fingerprint density at radius 1 is 1.30 bits per heavy atom. The summed E-state index contributed by atoms with van der Waals surface area (Å²) < 4.78 is 29.7. The molecule has 0 bridgehead atoms. The Bertz CT molecular complexity index is 800. The van der Waals surface area contributed by atoms with Gasteiger partial charge in [0, 0.05) is 27.7 Å². The van der Waals surface area contributed by atoms with Crippen molar-refractivity contribution >= 4 is 10.2 Å². The van der Waals surface area contributed by atoms with Gasteiger partial charge in [0.2, 0.25) is 0 Å². The minimum atomic E-state index is -3.44. The summed E-state index contributed by atoms with van der Waals surface area (Å²) in [5, 5.41) is 0. The fourth-order valence-electron chi connectivity index (χ4n) is 2.91. The molecule has 8 heteroatoms. The largest absolute Gasteiger partial charge is 0.332 e. The number of rotatable bonds is 4. The van der Waals surface area contributed by atoms with Gasteiger partial charge in [-0.25, -0.2) is 9.97 Å². The fraction of sp³-hybridized carbons (Fsp3) is 0.467. The van der Waals surface area contributed by atoms with E-state index in [9.17, 15) is 8.42 Å². The van der Waals surface area contributed by atoms with E-state index >= 15 is 0 Å². The summed E-state index contributed by atoms with van der Waals surface area (Å²) in [6.45, 7) is 0.531. The van der Waals surface area contributed by atoms with Gasteiger partial charge in [-0.1, -0.05) is 6.07 Å². The van der Waals surface area contributed by atoms with E-state index < -0.39 is 10.2 Å². The van der Waals surface area contributed by atoms with Crippen molar-refractivity contribution in [2.75, 3.05) is 20.6 Å². The molecule has 23 heavy (non-hydrogen) atoms. The summed E-state index contributed by atoms with van der Waals surface area (Å²) in [6, 6.07) is 5.52. The third kappa shape index (κ3) is 2.89. The predicted octanol–water partition coefficient (Wildman–Crippen LogP) is 1.43. The molecule has 1 fully saturated rings. The van der Waals surface area contributed by atoms with Crippen LogP contribution in [0.3, 0.4) is 0 Å². The third-order valence-corrected chi connectivity index (χ3v) is 6.11. The van der Waals surface area contributed by atoms with E-state index in [-0.39, 0.29) is 6.04 Å². The summed E-state index contributed by atoms with van der Waals surface area (Å²) >= 11 is 0. The van der Waals surface area contributed by atoms with Crippen molar-refractivity contribution in [1.29, 1.82) is 0 Å². The van der Waals surface area contributed by atoms with Gasteiger partial charge in [-0.3, -0.25) is 0 Å². The molecule has 1 saturated heterocycles. The maximum absolute atomic E-state index is 12.5. The first-order chi connectivity index (χ1) is 10.9. The van der Waals surface area contributed by atoms with Crippen LogP contribution in [0.4, 0.5) is 0 Å². The van der Waals surface area contributed by atoms with E-state index in [1.54, 1.807) is 30.9 Å². The van der Waals surface area contributed by atoms with Crippen LogP contribution < -0.4 is 0 Å². The maximum Gasteiger partial charge on any atom is 0.282 e. The van der Waals surface area contributed by atoms with Crippen LogP contribution in [-0.4, -0.2) is 52.2 Å². The summed E-state index contributed by atoms with van der Waals surface area (Å²) in [5.41, 5.74) is 2.50. The third-order valence-electron chi connectivity index (χ3n) is 4.15. The molecule has 1 aliphatic heterocycles. The highest BCUT2D eigenvalue weighted by molar-refractivity contribution is 7.86. The average Bonchev–Trinajstić information content (AvgIpc) is 3.16. The van der Waals surface area contributed by atoms with E-state index in [4.69, 9.17) is 4.98 Å². The molecule has 1 atom stereocenters. The highest BCUT2D eigenvalue weighted by Gasteiger charge is 2.37. The van der Waals surface area contributed by atoms with Gasteiger partial charge in [0.05, 0.1) is 35.6 Å². The number of pyridine rings is 1. The first-order valence-corrected chi connectivity index (χ1v) is 8.94. The van der Waals surface area contributed by atoms with Crippen molar-refractivity contribution in [3.8, 4) is 11.4 Å². The molecule has 124 valence electrons. The standard InChI is InChI=1S/C15H21N5O2S/c1-18(2)23(21,22)20-9-5-8-14(20)12-6-4-7-13(17-12)15-10-16-11-19(15)3/h4,6-7,10-11,14H,5,8-9H2,1-3H3/t14-/m0/s1. The van der Waals surface area contributed by atoms with Crippen LogP contribution >= 0.6 is 0 Å². The molecule has 7 nitrogen and oxygen atoms in total. The number of hydrogen-bond acceptors (Lipinski definition) is 4. The zero-order valence-corrected chi connectivity index (χ0v) is 14.4. The smallest absolute Gasteiger partial charge is 0.282 e. The van der Waals surface area contributed by atoms with Gasteiger partial charge >= 0.3 is 0 Å². The molecule has 2 aromatic rings. The fourth-order valence-corrected chi connectivity index (χ4v) is 4.22. The molecule has 0 aliphatic carbocycles. The summed E-state index contributed by atoms with van der Waals surface area (Å²) in [5.74, 6) is 0. The Hall–Kier alpha value is -1.77. The lowest BCUT2D eigenvalue weighted by molar-refractivity contribution is 0.358. The SMILES string of the molecule is CN(C)S(=O)(=O)N1CCC[C@H]1c1cccc(-c2cncn2C)n1. The van der Waals surface area contributed by atoms with E-state index in [0.29, 0.717) is 6.54 Å². The summed E-state index contributed by atoms with van der Waals surface area (Å²) in [6.07, 6.45) is 5.11. The highest BCUT2D eigenvalue weighted by Crippen LogP contribution is 2.34. The van der Waals surface area contributed by atoms with Crippen LogP contribution in [0, 0.1) is 0 Å². The summed E-state index contributed by atoms with van der Waals surface area (Å²) in [7, 11) is 1.59. The number of aromatic nitrogens is 3. The van der Waals surface area contributed by atoms with Gasteiger partial charge in [0.1, 0.15) is 0 Å². The molecular formula is C15H21N5O2S. The lowest BCUT2D eigenvalue weighted by atomic mass is 10.1. The second-order valence-electron chi connectivity index (χ2n) is 5.90. The van der Waals surface area contributed by atoms with Gasteiger partial charge in [0.25, 0.3) is 10.2 Å². The molecule has 0 aromatic carbocycles. The van der Waals surface area contributed by atoms with Crippen molar-refractivity contribution in [2.45, 2.75) is 18.9 Å². The maximum atomic E-state index is 12.5.